The van der Waals surface area contributed by atoms with Crippen molar-refractivity contribution >= 4 is 17.0 Å². The van der Waals surface area contributed by atoms with Crippen LogP contribution in [0.1, 0.15) is 17.4 Å². The largest absolute Gasteiger partial charge is 0.293 e. The highest BCUT2D eigenvalue weighted by molar-refractivity contribution is 7.77. The Hall–Kier alpha value is -0.940. The zero-order valence-corrected chi connectivity index (χ0v) is 6.67. The molecule has 1 aromatic rings. The smallest absolute Gasteiger partial charge is 0.266 e. The highest BCUT2D eigenvalue weighted by Crippen LogP contribution is 2.03. The van der Waals surface area contributed by atoms with Gasteiger partial charge < -0.3 is 0 Å². The second-order valence-electron chi connectivity index (χ2n) is 2.01. The number of aromatic nitrogens is 1. The maximum absolute atomic E-state index is 10.8. The number of Topliss-reactive ketones (excluding diaryl/α,β-unsaturated/α-hetero) is 1. The molecule has 1 rings (SSSR count). The third-order valence-electron chi connectivity index (χ3n) is 1.24. The van der Waals surface area contributed by atoms with Crippen molar-refractivity contribution in [3.63, 3.8) is 0 Å². The summed E-state index contributed by atoms with van der Waals surface area (Å²) in [6.07, 6.45) is 1.38. The van der Waals surface area contributed by atoms with Crippen molar-refractivity contribution in [2.24, 2.45) is 0 Å². The molecular weight excluding hydrogens is 166 g/mol. The second kappa shape index (κ2) is 2.98. The van der Waals surface area contributed by atoms with Gasteiger partial charge in [0.2, 0.25) is 0 Å². The molecule has 0 aliphatic carbocycles. The molecule has 1 aromatic heterocycles. The summed E-state index contributed by atoms with van der Waals surface area (Å²) in [4.78, 5) is 10.8. The van der Waals surface area contributed by atoms with Crippen molar-refractivity contribution in [3.8, 4) is 0 Å². The Kier molecular flexibility index (Phi) is 2.21. The third kappa shape index (κ3) is 1.55. The fourth-order valence-corrected chi connectivity index (χ4v) is 1.31. The molecule has 0 aromatic carbocycles. The van der Waals surface area contributed by atoms with Gasteiger partial charge in [-0.25, -0.2) is 8.18 Å². The minimum atomic E-state index is -2.13. The molecule has 1 atom stereocenters. The van der Waals surface area contributed by atoms with E-state index in [2.05, 4.69) is 0 Å². The lowest BCUT2D eigenvalue weighted by Gasteiger charge is -1.98. The van der Waals surface area contributed by atoms with Crippen molar-refractivity contribution < 1.29 is 13.6 Å². The van der Waals surface area contributed by atoms with Crippen molar-refractivity contribution in [1.82, 2.24) is 3.97 Å². The van der Waals surface area contributed by atoms with Gasteiger partial charge in [0.15, 0.2) is 5.78 Å². The molecular formula is C6H7NO3S. The van der Waals surface area contributed by atoms with Crippen LogP contribution in [0.4, 0.5) is 0 Å². The van der Waals surface area contributed by atoms with Crippen LogP contribution in [-0.4, -0.2) is 18.5 Å². The van der Waals surface area contributed by atoms with E-state index in [1.165, 1.54) is 19.2 Å². The number of hydrogen-bond donors (Lipinski definition) is 1. The summed E-state index contributed by atoms with van der Waals surface area (Å²) < 4.78 is 20.1. The predicted molar refractivity (Wildman–Crippen MR) is 40.6 cm³/mol. The van der Waals surface area contributed by atoms with Gasteiger partial charge in [-0.1, -0.05) is 0 Å². The Morgan fingerprint density at radius 2 is 2.36 bits per heavy atom. The number of rotatable bonds is 2. The topological polar surface area (TPSA) is 59.3 Å². The Morgan fingerprint density at radius 3 is 2.73 bits per heavy atom. The van der Waals surface area contributed by atoms with Gasteiger partial charge in [-0.2, -0.15) is 0 Å². The van der Waals surface area contributed by atoms with E-state index in [-0.39, 0.29) is 11.5 Å². The van der Waals surface area contributed by atoms with Crippen LogP contribution in [0.25, 0.3) is 0 Å². The molecule has 0 saturated carbocycles. The SMILES string of the molecule is CC(=O)c1cccn1S(=O)O. The number of carbonyl (C=O) groups excluding carboxylic acids is 1. The van der Waals surface area contributed by atoms with Crippen LogP contribution in [0, 0.1) is 0 Å². The van der Waals surface area contributed by atoms with Gasteiger partial charge in [0.05, 0.1) is 5.69 Å². The third-order valence-corrected chi connectivity index (χ3v) is 1.90. The fourth-order valence-electron chi connectivity index (χ4n) is 0.775. The quantitative estimate of drug-likeness (QED) is 0.528. The first-order chi connectivity index (χ1) is 5.13. The van der Waals surface area contributed by atoms with Crippen molar-refractivity contribution in [2.45, 2.75) is 6.92 Å². The number of carbonyl (C=O) groups is 1. The molecule has 0 bridgehead atoms. The summed E-state index contributed by atoms with van der Waals surface area (Å²) >= 11 is -2.13. The maximum atomic E-state index is 10.8. The van der Waals surface area contributed by atoms with Crippen LogP contribution in [0.2, 0.25) is 0 Å². The number of nitrogens with zero attached hydrogens (tertiary/aromatic N) is 1. The predicted octanol–water partition coefficient (Wildman–Crippen LogP) is 0.675. The maximum Gasteiger partial charge on any atom is 0.266 e. The monoisotopic (exact) mass is 173 g/mol. The van der Waals surface area contributed by atoms with Crippen LogP contribution in [0.3, 0.4) is 0 Å². The van der Waals surface area contributed by atoms with Gasteiger partial charge in [-0.3, -0.25) is 9.35 Å². The zero-order chi connectivity index (χ0) is 8.43. The average molecular weight is 173 g/mol. The molecule has 0 aliphatic heterocycles. The first-order valence-electron chi connectivity index (χ1n) is 2.92. The molecule has 60 valence electrons. The molecule has 1 N–H and O–H groups in total. The second-order valence-corrected chi connectivity index (χ2v) is 2.86. The molecule has 11 heavy (non-hydrogen) atoms. The molecule has 0 spiro atoms. The lowest BCUT2D eigenvalue weighted by Crippen LogP contribution is -2.08. The van der Waals surface area contributed by atoms with Gasteiger partial charge >= 0.3 is 0 Å². The van der Waals surface area contributed by atoms with Crippen LogP contribution in [0.5, 0.6) is 0 Å². The molecule has 0 radical (unpaired) electrons. The summed E-state index contributed by atoms with van der Waals surface area (Å²) in [6.45, 7) is 1.35. The first-order valence-corrected chi connectivity index (χ1v) is 3.99. The standard InChI is InChI=1S/C6H7NO3S/c1-5(8)6-3-2-4-7(6)11(9)10/h2-4H,1H3,(H,9,10). The molecule has 0 amide bonds. The van der Waals surface area contributed by atoms with Gasteiger partial charge in [0.1, 0.15) is 0 Å². The molecule has 1 heterocycles. The number of ketones is 1. The van der Waals surface area contributed by atoms with Crippen LogP contribution in [-0.2, 0) is 11.3 Å². The van der Waals surface area contributed by atoms with Gasteiger partial charge in [-0.05, 0) is 12.1 Å². The molecule has 0 saturated heterocycles. The van der Waals surface area contributed by atoms with E-state index >= 15 is 0 Å². The zero-order valence-electron chi connectivity index (χ0n) is 5.85. The lowest BCUT2D eigenvalue weighted by molar-refractivity contribution is 0.101. The summed E-state index contributed by atoms with van der Waals surface area (Å²) in [5.41, 5.74) is 0.242. The van der Waals surface area contributed by atoms with E-state index in [1.807, 2.05) is 0 Å². The van der Waals surface area contributed by atoms with E-state index in [0.29, 0.717) is 0 Å². The molecule has 5 heteroatoms. The minimum absolute atomic E-state index is 0.225. The highest BCUT2D eigenvalue weighted by atomic mass is 32.2. The van der Waals surface area contributed by atoms with E-state index < -0.39 is 11.3 Å². The van der Waals surface area contributed by atoms with E-state index in [9.17, 15) is 9.00 Å². The van der Waals surface area contributed by atoms with E-state index in [4.69, 9.17) is 4.55 Å². The molecule has 0 aliphatic rings. The minimum Gasteiger partial charge on any atom is -0.293 e. The summed E-state index contributed by atoms with van der Waals surface area (Å²) in [6, 6.07) is 3.04. The van der Waals surface area contributed by atoms with Crippen LogP contribution >= 0.6 is 0 Å². The Balaban J connectivity index is 3.16. The number of hydrogen-bond acceptors (Lipinski definition) is 2. The Morgan fingerprint density at radius 1 is 1.73 bits per heavy atom. The van der Waals surface area contributed by atoms with Crippen molar-refractivity contribution in [2.75, 3.05) is 0 Å². The van der Waals surface area contributed by atoms with E-state index in [0.717, 1.165) is 3.97 Å². The molecule has 4 nitrogen and oxygen atoms in total. The average Bonchev–Trinajstić information content (AvgIpc) is 2.32. The molecule has 1 unspecified atom stereocenters. The van der Waals surface area contributed by atoms with Crippen LogP contribution < -0.4 is 0 Å². The Bertz CT molecular complexity index is 276. The summed E-state index contributed by atoms with van der Waals surface area (Å²) in [5, 5.41) is 0. The normalized spacial score (nSPS) is 12.9. The molecule has 0 fully saturated rings. The lowest BCUT2D eigenvalue weighted by atomic mass is 10.3. The van der Waals surface area contributed by atoms with E-state index in [1.54, 1.807) is 6.07 Å². The fraction of sp³-hybridized carbons (Fsp3) is 0.167. The van der Waals surface area contributed by atoms with Gasteiger partial charge in [0.25, 0.3) is 11.3 Å². The summed E-state index contributed by atoms with van der Waals surface area (Å²) in [7, 11) is 0. The Labute approximate surface area is 66.3 Å². The summed E-state index contributed by atoms with van der Waals surface area (Å²) in [5.74, 6) is -0.225. The van der Waals surface area contributed by atoms with Crippen molar-refractivity contribution in [3.05, 3.63) is 24.0 Å². The first kappa shape index (κ1) is 8.16. The van der Waals surface area contributed by atoms with Gasteiger partial charge in [0, 0.05) is 13.1 Å². The van der Waals surface area contributed by atoms with Crippen molar-refractivity contribution in [1.29, 1.82) is 0 Å². The van der Waals surface area contributed by atoms with Crippen LogP contribution in [0.15, 0.2) is 18.3 Å². The highest BCUT2D eigenvalue weighted by Gasteiger charge is 2.07. The van der Waals surface area contributed by atoms with Gasteiger partial charge in [-0.15, -0.1) is 0 Å².